The van der Waals surface area contributed by atoms with Crippen molar-refractivity contribution in [2.75, 3.05) is 19.6 Å². The Bertz CT molecular complexity index is 1050. The van der Waals surface area contributed by atoms with E-state index in [0.29, 0.717) is 11.3 Å². The predicted molar refractivity (Wildman–Crippen MR) is 125 cm³/mol. The highest BCUT2D eigenvalue weighted by Crippen LogP contribution is 2.30. The number of nitrogens with zero attached hydrogens (tertiary/aromatic N) is 1. The van der Waals surface area contributed by atoms with E-state index in [-0.39, 0.29) is 23.4 Å². The molecule has 33 heavy (non-hydrogen) atoms. The van der Waals surface area contributed by atoms with Gasteiger partial charge in [-0.05, 0) is 91.5 Å². The molecule has 0 spiro atoms. The van der Waals surface area contributed by atoms with Gasteiger partial charge in [0.1, 0.15) is 29.0 Å². The number of benzene rings is 3. The van der Waals surface area contributed by atoms with Gasteiger partial charge in [0.05, 0.1) is 0 Å². The van der Waals surface area contributed by atoms with Crippen LogP contribution in [0.15, 0.2) is 78.6 Å². The third-order valence-electron chi connectivity index (χ3n) is 6.14. The molecular weight excluding hydrogens is 423 g/mol. The summed E-state index contributed by atoms with van der Waals surface area (Å²) in [5.41, 5.74) is 2.64. The Hall–Kier alpha value is -3.05. The second-order valence-electron chi connectivity index (χ2n) is 8.53. The number of aryl methyl sites for hydroxylation is 1. The molecule has 172 valence electrons. The van der Waals surface area contributed by atoms with Crippen LogP contribution in [0.4, 0.5) is 13.2 Å². The highest BCUT2D eigenvalue weighted by Gasteiger charge is 2.17. The van der Waals surface area contributed by atoms with Crippen molar-refractivity contribution in [3.63, 3.8) is 0 Å². The summed E-state index contributed by atoms with van der Waals surface area (Å²) in [6.07, 6.45) is 4.73. The standard InChI is InChI=1S/C28H28F3NO/c1-20-19-26(12-13-28(20)31)33-25-14-17-32(18-15-25)16-2-3-27(21-4-8-23(29)9-5-21)22-6-10-24(30)11-7-22/h4-14,19,27H,2-3,15-18H2,1H3. The van der Waals surface area contributed by atoms with Gasteiger partial charge in [-0.2, -0.15) is 0 Å². The second kappa shape index (κ2) is 10.7. The highest BCUT2D eigenvalue weighted by atomic mass is 19.1. The van der Waals surface area contributed by atoms with E-state index in [1.807, 2.05) is 24.3 Å². The van der Waals surface area contributed by atoms with Crippen molar-refractivity contribution in [2.45, 2.75) is 32.1 Å². The maximum atomic E-state index is 13.4. The minimum atomic E-state index is -0.259. The fraction of sp³-hybridized carbons (Fsp3) is 0.286. The smallest absolute Gasteiger partial charge is 0.127 e. The Kier molecular flexibility index (Phi) is 7.50. The molecule has 0 saturated carbocycles. The van der Waals surface area contributed by atoms with Crippen molar-refractivity contribution in [2.24, 2.45) is 0 Å². The Morgan fingerprint density at radius 1 is 0.879 bits per heavy atom. The molecule has 0 amide bonds. The Labute approximate surface area is 193 Å². The molecule has 0 unspecified atom stereocenters. The van der Waals surface area contributed by atoms with Gasteiger partial charge in [-0.1, -0.05) is 24.3 Å². The maximum Gasteiger partial charge on any atom is 0.127 e. The largest absolute Gasteiger partial charge is 0.462 e. The minimum Gasteiger partial charge on any atom is -0.462 e. The molecule has 0 fully saturated rings. The van der Waals surface area contributed by atoms with Gasteiger partial charge < -0.3 is 4.74 Å². The molecular formula is C28H28F3NO. The summed E-state index contributed by atoms with van der Waals surface area (Å²) in [7, 11) is 0. The summed E-state index contributed by atoms with van der Waals surface area (Å²) < 4.78 is 46.2. The van der Waals surface area contributed by atoms with Crippen LogP contribution in [0, 0.1) is 24.4 Å². The summed E-state index contributed by atoms with van der Waals surface area (Å²) >= 11 is 0. The van der Waals surface area contributed by atoms with Gasteiger partial charge in [0.2, 0.25) is 0 Å². The molecule has 2 nitrogen and oxygen atoms in total. The van der Waals surface area contributed by atoms with Crippen LogP contribution < -0.4 is 4.74 Å². The van der Waals surface area contributed by atoms with Crippen molar-refractivity contribution in [3.05, 3.63) is 113 Å². The van der Waals surface area contributed by atoms with Crippen molar-refractivity contribution in [1.82, 2.24) is 4.90 Å². The van der Waals surface area contributed by atoms with Crippen LogP contribution in [0.5, 0.6) is 5.75 Å². The molecule has 0 aliphatic carbocycles. The van der Waals surface area contributed by atoms with Gasteiger partial charge >= 0.3 is 0 Å². The molecule has 0 aromatic heterocycles. The first-order chi connectivity index (χ1) is 16.0. The molecule has 1 heterocycles. The number of hydrogen-bond donors (Lipinski definition) is 0. The van der Waals surface area contributed by atoms with Gasteiger partial charge in [0, 0.05) is 25.4 Å². The van der Waals surface area contributed by atoms with Crippen LogP contribution in [-0.4, -0.2) is 24.5 Å². The quantitative estimate of drug-likeness (QED) is 0.366. The van der Waals surface area contributed by atoms with E-state index in [9.17, 15) is 13.2 Å². The molecule has 0 bridgehead atoms. The predicted octanol–water partition coefficient (Wildman–Crippen LogP) is 6.99. The zero-order chi connectivity index (χ0) is 23.2. The Balaban J connectivity index is 1.33. The van der Waals surface area contributed by atoms with E-state index in [4.69, 9.17) is 4.74 Å². The number of rotatable bonds is 8. The number of hydrogen-bond acceptors (Lipinski definition) is 2. The zero-order valence-corrected chi connectivity index (χ0v) is 18.7. The first-order valence-corrected chi connectivity index (χ1v) is 11.3. The summed E-state index contributed by atoms with van der Waals surface area (Å²) in [6, 6.07) is 18.0. The van der Waals surface area contributed by atoms with Crippen molar-refractivity contribution in [1.29, 1.82) is 0 Å². The van der Waals surface area contributed by atoms with Gasteiger partial charge in [-0.25, -0.2) is 13.2 Å². The lowest BCUT2D eigenvalue weighted by Crippen LogP contribution is -2.30. The first-order valence-electron chi connectivity index (χ1n) is 11.3. The highest BCUT2D eigenvalue weighted by molar-refractivity contribution is 5.33. The Morgan fingerprint density at radius 2 is 1.52 bits per heavy atom. The third-order valence-corrected chi connectivity index (χ3v) is 6.14. The fourth-order valence-electron chi connectivity index (χ4n) is 4.26. The van der Waals surface area contributed by atoms with Crippen LogP contribution in [0.2, 0.25) is 0 Å². The summed E-state index contributed by atoms with van der Waals surface area (Å²) in [6.45, 7) is 4.35. The lowest BCUT2D eigenvalue weighted by Gasteiger charge is -2.27. The van der Waals surface area contributed by atoms with Gasteiger partial charge in [0.15, 0.2) is 0 Å². The molecule has 0 saturated heterocycles. The average molecular weight is 452 g/mol. The SMILES string of the molecule is Cc1cc(OC2=CCN(CCCC(c3ccc(F)cc3)c3ccc(F)cc3)CC2)ccc1F. The molecule has 1 aliphatic heterocycles. The molecule has 4 rings (SSSR count). The van der Waals surface area contributed by atoms with Gasteiger partial charge in [0.25, 0.3) is 0 Å². The van der Waals surface area contributed by atoms with E-state index < -0.39 is 0 Å². The van der Waals surface area contributed by atoms with Crippen LogP contribution in [-0.2, 0) is 0 Å². The average Bonchev–Trinajstić information content (AvgIpc) is 2.82. The summed E-state index contributed by atoms with van der Waals surface area (Å²) in [5.74, 6) is 0.914. The third kappa shape index (κ3) is 6.26. The maximum absolute atomic E-state index is 13.4. The first kappa shape index (κ1) is 23.1. The molecule has 3 aromatic carbocycles. The lowest BCUT2D eigenvalue weighted by atomic mass is 9.87. The normalized spacial score (nSPS) is 14.4. The monoisotopic (exact) mass is 451 g/mol. The van der Waals surface area contributed by atoms with Crippen molar-refractivity contribution >= 4 is 0 Å². The van der Waals surface area contributed by atoms with E-state index >= 15 is 0 Å². The van der Waals surface area contributed by atoms with E-state index in [0.717, 1.165) is 55.8 Å². The molecule has 0 atom stereocenters. The molecule has 3 aromatic rings. The zero-order valence-electron chi connectivity index (χ0n) is 18.7. The van der Waals surface area contributed by atoms with Gasteiger partial charge in [-0.3, -0.25) is 4.90 Å². The summed E-state index contributed by atoms with van der Waals surface area (Å²) in [4.78, 5) is 2.37. The van der Waals surface area contributed by atoms with Crippen LogP contribution in [0.25, 0.3) is 0 Å². The molecule has 0 radical (unpaired) electrons. The molecule has 1 aliphatic rings. The minimum absolute atomic E-state index is 0.0899. The van der Waals surface area contributed by atoms with Crippen LogP contribution in [0.1, 0.15) is 41.9 Å². The van der Waals surface area contributed by atoms with Crippen molar-refractivity contribution in [3.8, 4) is 5.75 Å². The van der Waals surface area contributed by atoms with E-state index in [2.05, 4.69) is 11.0 Å². The van der Waals surface area contributed by atoms with Crippen LogP contribution >= 0.6 is 0 Å². The number of halogens is 3. The second-order valence-corrected chi connectivity index (χ2v) is 8.53. The van der Waals surface area contributed by atoms with Crippen LogP contribution in [0.3, 0.4) is 0 Å². The summed E-state index contributed by atoms with van der Waals surface area (Å²) in [5, 5.41) is 0. The van der Waals surface area contributed by atoms with E-state index in [1.165, 1.54) is 30.3 Å². The van der Waals surface area contributed by atoms with Gasteiger partial charge in [-0.15, -0.1) is 0 Å². The fourth-order valence-corrected chi connectivity index (χ4v) is 4.26. The number of ether oxygens (including phenoxy) is 1. The lowest BCUT2D eigenvalue weighted by molar-refractivity contribution is 0.256. The molecule has 0 N–H and O–H groups in total. The Morgan fingerprint density at radius 3 is 2.06 bits per heavy atom. The van der Waals surface area contributed by atoms with E-state index in [1.54, 1.807) is 19.1 Å². The molecule has 5 heteroatoms. The topological polar surface area (TPSA) is 12.5 Å². The van der Waals surface area contributed by atoms with Crippen molar-refractivity contribution < 1.29 is 17.9 Å².